The van der Waals surface area contributed by atoms with E-state index in [1.54, 1.807) is 31.4 Å². The minimum absolute atomic E-state index is 0.164. The van der Waals surface area contributed by atoms with Crippen molar-refractivity contribution in [2.75, 3.05) is 25.1 Å². The van der Waals surface area contributed by atoms with Crippen LogP contribution in [0.5, 0.6) is 5.75 Å². The van der Waals surface area contributed by atoms with E-state index in [2.05, 4.69) is 10.0 Å². The summed E-state index contributed by atoms with van der Waals surface area (Å²) in [7, 11) is 1.63. The van der Waals surface area contributed by atoms with Gasteiger partial charge in [0.15, 0.2) is 0 Å². The summed E-state index contributed by atoms with van der Waals surface area (Å²) in [6.07, 6.45) is 0.970. The molecular weight excluding hydrogens is 378 g/mol. The van der Waals surface area contributed by atoms with Gasteiger partial charge in [-0.1, -0.05) is 29.8 Å². The van der Waals surface area contributed by atoms with E-state index in [-0.39, 0.29) is 17.9 Å². The average molecular weight is 398 g/mol. The highest BCUT2D eigenvalue weighted by Crippen LogP contribution is 2.50. The zero-order valence-electron chi connectivity index (χ0n) is 15.4. The van der Waals surface area contributed by atoms with E-state index in [0.717, 1.165) is 30.8 Å². The Balaban J connectivity index is 1.60. The number of hydrogen-bond donors (Lipinski definition) is 0. The Bertz CT molecular complexity index is 948. The average Bonchev–Trinajstić information content (AvgIpc) is 3.35. The van der Waals surface area contributed by atoms with Gasteiger partial charge in [0.2, 0.25) is 5.91 Å². The Morgan fingerprint density at radius 2 is 1.61 bits per heavy atom. The maximum Gasteiger partial charge on any atom is 0.253 e. The monoisotopic (exact) mass is 397 g/mol. The van der Waals surface area contributed by atoms with Crippen molar-refractivity contribution in [3.05, 3.63) is 59.1 Å². The van der Waals surface area contributed by atoms with Crippen LogP contribution >= 0.6 is 11.6 Å². The standard InChI is InChI=1S/C21H20ClN3O3/c1-28-16-6-3-2-5-15(16)18-17-19(24-12-4-11-23(18)24)21(27)25(20(17)26)14-9-7-13(22)8-10-14/h2-3,5-10,17-19H,4,11-12H2,1H3. The fourth-order valence-electron chi connectivity index (χ4n) is 4.84. The summed E-state index contributed by atoms with van der Waals surface area (Å²) in [5.74, 6) is -0.0470. The number of amides is 2. The molecule has 0 aliphatic carbocycles. The van der Waals surface area contributed by atoms with E-state index >= 15 is 0 Å². The fourth-order valence-corrected chi connectivity index (χ4v) is 4.97. The Labute approximate surface area is 168 Å². The third-order valence-electron chi connectivity index (χ3n) is 5.95. The first kappa shape index (κ1) is 17.7. The van der Waals surface area contributed by atoms with Crippen molar-refractivity contribution >= 4 is 29.1 Å². The summed E-state index contributed by atoms with van der Waals surface area (Å²) in [5, 5.41) is 4.83. The fraction of sp³-hybridized carbons (Fsp3) is 0.333. The van der Waals surface area contributed by atoms with E-state index in [1.165, 1.54) is 4.90 Å². The number of hydrazine groups is 1. The van der Waals surface area contributed by atoms with Crippen LogP contribution < -0.4 is 9.64 Å². The highest BCUT2D eigenvalue weighted by molar-refractivity contribution is 6.31. The maximum absolute atomic E-state index is 13.5. The lowest BCUT2D eigenvalue weighted by Gasteiger charge is -2.30. The summed E-state index contributed by atoms with van der Waals surface area (Å²) in [6, 6.07) is 13.9. The third kappa shape index (κ3) is 2.42. The largest absolute Gasteiger partial charge is 0.496 e. The molecule has 3 aliphatic heterocycles. The normalized spacial score (nSPS) is 27.4. The molecule has 144 valence electrons. The van der Waals surface area contributed by atoms with Crippen molar-refractivity contribution in [3.8, 4) is 5.75 Å². The number of benzene rings is 2. The van der Waals surface area contributed by atoms with Crippen LogP contribution in [0, 0.1) is 5.92 Å². The number of ether oxygens (including phenoxy) is 1. The predicted molar refractivity (Wildman–Crippen MR) is 105 cm³/mol. The number of rotatable bonds is 3. The highest BCUT2D eigenvalue weighted by atomic mass is 35.5. The molecule has 7 heteroatoms. The van der Waals surface area contributed by atoms with Gasteiger partial charge in [0, 0.05) is 23.7 Å². The first-order valence-electron chi connectivity index (χ1n) is 9.41. The quantitative estimate of drug-likeness (QED) is 0.745. The minimum atomic E-state index is -0.472. The number of carbonyl (C=O) groups excluding carboxylic acids is 2. The van der Waals surface area contributed by atoms with Crippen molar-refractivity contribution in [3.63, 3.8) is 0 Å². The van der Waals surface area contributed by atoms with Gasteiger partial charge in [0.25, 0.3) is 5.91 Å². The molecular formula is C21H20ClN3O3. The van der Waals surface area contributed by atoms with Crippen LogP contribution in [0.4, 0.5) is 5.69 Å². The molecule has 0 spiro atoms. The molecule has 3 atom stereocenters. The summed E-state index contributed by atoms with van der Waals surface area (Å²) < 4.78 is 5.57. The lowest BCUT2D eigenvalue weighted by atomic mass is 9.89. The van der Waals surface area contributed by atoms with Crippen LogP contribution in [0.1, 0.15) is 18.0 Å². The van der Waals surface area contributed by atoms with Crippen LogP contribution in [0.3, 0.4) is 0 Å². The molecule has 2 aromatic carbocycles. The Kier molecular flexibility index (Phi) is 4.16. The maximum atomic E-state index is 13.5. The molecule has 3 aliphatic rings. The Hall–Kier alpha value is -2.41. The lowest BCUT2D eigenvalue weighted by Crippen LogP contribution is -2.44. The molecule has 28 heavy (non-hydrogen) atoms. The Morgan fingerprint density at radius 1 is 0.929 bits per heavy atom. The summed E-state index contributed by atoms with van der Waals surface area (Å²) >= 11 is 5.98. The number of halogens is 1. The van der Waals surface area contributed by atoms with Crippen LogP contribution in [-0.4, -0.2) is 48.1 Å². The highest BCUT2D eigenvalue weighted by Gasteiger charge is 2.63. The molecule has 6 nitrogen and oxygen atoms in total. The number of fused-ring (bicyclic) bond motifs is 3. The van der Waals surface area contributed by atoms with Crippen molar-refractivity contribution in [1.29, 1.82) is 0 Å². The van der Waals surface area contributed by atoms with Crippen molar-refractivity contribution in [1.82, 2.24) is 10.0 Å². The van der Waals surface area contributed by atoms with Gasteiger partial charge < -0.3 is 4.74 Å². The summed E-state index contributed by atoms with van der Waals surface area (Å²) in [6.45, 7) is 1.61. The van der Waals surface area contributed by atoms with E-state index in [1.807, 2.05) is 24.3 Å². The molecule has 0 saturated carbocycles. The molecule has 3 heterocycles. The van der Waals surface area contributed by atoms with Gasteiger partial charge in [0.05, 0.1) is 24.8 Å². The lowest BCUT2D eigenvalue weighted by molar-refractivity contribution is -0.126. The molecule has 2 aromatic rings. The first-order valence-corrected chi connectivity index (χ1v) is 9.79. The van der Waals surface area contributed by atoms with Gasteiger partial charge in [-0.15, -0.1) is 0 Å². The summed E-state index contributed by atoms with van der Waals surface area (Å²) in [4.78, 5) is 28.1. The van der Waals surface area contributed by atoms with Gasteiger partial charge in [-0.2, -0.15) is 0 Å². The van der Waals surface area contributed by atoms with E-state index in [4.69, 9.17) is 16.3 Å². The number of imide groups is 1. The van der Waals surface area contributed by atoms with E-state index < -0.39 is 12.0 Å². The number of methoxy groups -OCH3 is 1. The second kappa shape index (κ2) is 6.58. The number of para-hydroxylation sites is 1. The number of hydrogen-bond acceptors (Lipinski definition) is 5. The van der Waals surface area contributed by atoms with E-state index in [0.29, 0.717) is 10.7 Å². The molecule has 3 fully saturated rings. The molecule has 2 amide bonds. The minimum Gasteiger partial charge on any atom is -0.496 e. The second-order valence-electron chi connectivity index (χ2n) is 7.33. The van der Waals surface area contributed by atoms with Gasteiger partial charge in [-0.3, -0.25) is 9.59 Å². The van der Waals surface area contributed by atoms with Crippen LogP contribution in [-0.2, 0) is 9.59 Å². The second-order valence-corrected chi connectivity index (χ2v) is 7.76. The molecule has 3 saturated heterocycles. The van der Waals surface area contributed by atoms with Crippen molar-refractivity contribution < 1.29 is 14.3 Å². The molecule has 0 aromatic heterocycles. The van der Waals surface area contributed by atoms with Gasteiger partial charge in [0.1, 0.15) is 11.8 Å². The van der Waals surface area contributed by atoms with E-state index in [9.17, 15) is 9.59 Å². The molecule has 0 radical (unpaired) electrons. The third-order valence-corrected chi connectivity index (χ3v) is 6.20. The van der Waals surface area contributed by atoms with Crippen molar-refractivity contribution in [2.24, 2.45) is 5.92 Å². The molecule has 5 rings (SSSR count). The first-order chi connectivity index (χ1) is 13.6. The van der Waals surface area contributed by atoms with Gasteiger partial charge in [-0.05, 0) is 36.8 Å². The zero-order valence-corrected chi connectivity index (χ0v) is 16.2. The van der Waals surface area contributed by atoms with Gasteiger partial charge >= 0.3 is 0 Å². The van der Waals surface area contributed by atoms with Crippen LogP contribution in [0.15, 0.2) is 48.5 Å². The van der Waals surface area contributed by atoms with Crippen LogP contribution in [0.2, 0.25) is 5.02 Å². The summed E-state index contributed by atoms with van der Waals surface area (Å²) in [5.41, 5.74) is 1.52. The topological polar surface area (TPSA) is 53.1 Å². The van der Waals surface area contributed by atoms with Crippen LogP contribution in [0.25, 0.3) is 0 Å². The van der Waals surface area contributed by atoms with Crippen molar-refractivity contribution in [2.45, 2.75) is 18.5 Å². The number of anilines is 1. The number of nitrogens with zero attached hydrogens (tertiary/aromatic N) is 3. The van der Waals surface area contributed by atoms with Gasteiger partial charge in [-0.25, -0.2) is 14.9 Å². The number of carbonyl (C=O) groups is 2. The molecule has 3 unspecified atom stereocenters. The predicted octanol–water partition coefficient (Wildman–Crippen LogP) is 2.88. The zero-order chi connectivity index (χ0) is 19.4. The molecule has 0 bridgehead atoms. The molecule has 0 N–H and O–H groups in total. The smallest absolute Gasteiger partial charge is 0.253 e. The SMILES string of the molecule is COc1ccccc1C1C2C(=O)N(c3ccc(Cl)cc3)C(=O)C2N2CCCN12. The Morgan fingerprint density at radius 3 is 2.32 bits per heavy atom.